The van der Waals surface area contributed by atoms with Gasteiger partial charge in [-0.05, 0) is 6.92 Å². The summed E-state index contributed by atoms with van der Waals surface area (Å²) in [5.41, 5.74) is 0. The predicted molar refractivity (Wildman–Crippen MR) is 57.9 cm³/mol. The minimum absolute atomic E-state index is 0.0125. The summed E-state index contributed by atoms with van der Waals surface area (Å²) in [6.07, 6.45) is -0.0125. The van der Waals surface area contributed by atoms with E-state index < -0.39 is 22.2 Å². The lowest BCUT2D eigenvalue weighted by Crippen LogP contribution is -2.44. The lowest BCUT2D eigenvalue weighted by molar-refractivity contribution is -0.140. The van der Waals surface area contributed by atoms with Gasteiger partial charge < -0.3 is 9.84 Å². The van der Waals surface area contributed by atoms with Gasteiger partial charge in [-0.1, -0.05) is 0 Å². The first-order chi connectivity index (χ1) is 7.33. The predicted octanol–water partition coefficient (Wildman–Crippen LogP) is -1.30. The number of carbonyl (C=O) groups excluding carboxylic acids is 1. The Hall–Kier alpha value is -0.700. The highest BCUT2D eigenvalue weighted by atomic mass is 32.2. The van der Waals surface area contributed by atoms with E-state index in [0.29, 0.717) is 0 Å². The minimum atomic E-state index is -3.66. The van der Waals surface area contributed by atoms with E-state index in [4.69, 9.17) is 5.11 Å². The molecule has 0 spiro atoms. The second kappa shape index (κ2) is 6.79. The van der Waals surface area contributed by atoms with Gasteiger partial charge in [0.1, 0.15) is 0 Å². The second-order valence-corrected chi connectivity index (χ2v) is 5.16. The fourth-order valence-corrected chi connectivity index (χ4v) is 1.95. The van der Waals surface area contributed by atoms with Crippen molar-refractivity contribution < 1.29 is 23.1 Å². The number of esters is 1. The lowest BCUT2D eigenvalue weighted by atomic mass is 10.4. The molecule has 16 heavy (non-hydrogen) atoms. The van der Waals surface area contributed by atoms with E-state index in [-0.39, 0.29) is 19.6 Å². The molecule has 7 nitrogen and oxygen atoms in total. The number of hydrogen-bond donors (Lipinski definition) is 2. The van der Waals surface area contributed by atoms with E-state index >= 15 is 0 Å². The number of nitrogens with one attached hydrogen (secondary N) is 1. The van der Waals surface area contributed by atoms with Crippen LogP contribution in [0.3, 0.4) is 0 Å². The van der Waals surface area contributed by atoms with Gasteiger partial charge in [0.05, 0.1) is 20.1 Å². The Morgan fingerprint density at radius 2 is 2.12 bits per heavy atom. The maximum Gasteiger partial charge on any atom is 0.306 e. The summed E-state index contributed by atoms with van der Waals surface area (Å²) in [6, 6.07) is -0.564. The van der Waals surface area contributed by atoms with Crippen LogP contribution in [-0.4, -0.2) is 57.1 Å². The Morgan fingerprint density at radius 1 is 1.56 bits per heavy atom. The van der Waals surface area contributed by atoms with Gasteiger partial charge in [-0.15, -0.1) is 0 Å². The first kappa shape index (κ1) is 15.3. The maximum atomic E-state index is 11.6. The van der Waals surface area contributed by atoms with Gasteiger partial charge in [0.2, 0.25) is 0 Å². The van der Waals surface area contributed by atoms with Crippen LogP contribution in [0.1, 0.15) is 13.3 Å². The van der Waals surface area contributed by atoms with Crippen molar-refractivity contribution in [2.24, 2.45) is 0 Å². The van der Waals surface area contributed by atoms with Gasteiger partial charge in [0.15, 0.2) is 0 Å². The lowest BCUT2D eigenvalue weighted by Gasteiger charge is -2.19. The van der Waals surface area contributed by atoms with E-state index in [9.17, 15) is 13.2 Å². The van der Waals surface area contributed by atoms with Crippen LogP contribution in [0.5, 0.6) is 0 Å². The number of carbonyl (C=O) groups is 1. The van der Waals surface area contributed by atoms with E-state index in [1.54, 1.807) is 0 Å². The molecule has 0 aromatic carbocycles. The van der Waals surface area contributed by atoms with Crippen molar-refractivity contribution in [1.82, 2.24) is 9.03 Å². The quantitative estimate of drug-likeness (QED) is 0.550. The summed E-state index contributed by atoms with van der Waals surface area (Å²) in [4.78, 5) is 10.8. The number of aliphatic hydroxyl groups excluding tert-OH is 1. The van der Waals surface area contributed by atoms with Crippen molar-refractivity contribution in [3.63, 3.8) is 0 Å². The third kappa shape index (κ3) is 5.40. The topological polar surface area (TPSA) is 95.9 Å². The second-order valence-electron chi connectivity index (χ2n) is 3.35. The third-order valence-electron chi connectivity index (χ3n) is 1.89. The van der Waals surface area contributed by atoms with Gasteiger partial charge in [-0.2, -0.15) is 17.4 Å². The summed E-state index contributed by atoms with van der Waals surface area (Å²) in [7, 11) is -1.08. The molecule has 0 amide bonds. The molecular weight excluding hydrogens is 236 g/mol. The highest BCUT2D eigenvalue weighted by Gasteiger charge is 2.20. The molecule has 0 aromatic heterocycles. The molecule has 0 saturated carbocycles. The maximum absolute atomic E-state index is 11.6. The van der Waals surface area contributed by atoms with Crippen LogP contribution >= 0.6 is 0 Å². The normalized spacial score (nSPS) is 13.8. The average Bonchev–Trinajstić information content (AvgIpc) is 2.24. The molecule has 0 aromatic rings. The molecule has 0 aliphatic heterocycles. The van der Waals surface area contributed by atoms with Crippen LogP contribution in [-0.2, 0) is 19.7 Å². The Bertz CT molecular complexity index is 316. The van der Waals surface area contributed by atoms with Crippen LogP contribution in [0.25, 0.3) is 0 Å². The van der Waals surface area contributed by atoms with Gasteiger partial charge in [0, 0.05) is 19.6 Å². The summed E-state index contributed by atoms with van der Waals surface area (Å²) in [5.74, 6) is -0.475. The Labute approximate surface area is 95.6 Å². The number of ether oxygens (including phenoxy) is 1. The Balaban J connectivity index is 4.25. The Morgan fingerprint density at radius 3 is 2.56 bits per heavy atom. The molecule has 0 aliphatic carbocycles. The number of hydrogen-bond acceptors (Lipinski definition) is 5. The SMILES string of the molecule is COC(=O)CCN(C)S(=O)(=O)N[C@H](C)CO. The molecule has 8 heteroatoms. The molecule has 0 fully saturated rings. The van der Waals surface area contributed by atoms with Crippen LogP contribution < -0.4 is 4.72 Å². The van der Waals surface area contributed by atoms with Gasteiger partial charge >= 0.3 is 5.97 Å². The van der Waals surface area contributed by atoms with Gasteiger partial charge in [-0.3, -0.25) is 4.79 Å². The van der Waals surface area contributed by atoms with Crippen molar-refractivity contribution in [1.29, 1.82) is 0 Å². The van der Waals surface area contributed by atoms with E-state index in [1.165, 1.54) is 21.1 Å². The van der Waals surface area contributed by atoms with Crippen LogP contribution in [0, 0.1) is 0 Å². The van der Waals surface area contributed by atoms with Crippen molar-refractivity contribution >= 4 is 16.2 Å². The average molecular weight is 254 g/mol. The van der Waals surface area contributed by atoms with E-state index in [2.05, 4.69) is 9.46 Å². The summed E-state index contributed by atoms with van der Waals surface area (Å²) >= 11 is 0. The van der Waals surface area contributed by atoms with Crippen LogP contribution in [0.2, 0.25) is 0 Å². The molecule has 0 unspecified atom stereocenters. The fourth-order valence-electron chi connectivity index (χ4n) is 0.852. The zero-order valence-corrected chi connectivity index (χ0v) is 10.5. The van der Waals surface area contributed by atoms with Crippen molar-refractivity contribution in [3.05, 3.63) is 0 Å². The minimum Gasteiger partial charge on any atom is -0.469 e. The highest BCUT2D eigenvalue weighted by molar-refractivity contribution is 7.87. The number of aliphatic hydroxyl groups is 1. The first-order valence-electron chi connectivity index (χ1n) is 4.74. The third-order valence-corrected chi connectivity index (χ3v) is 3.60. The monoisotopic (exact) mass is 254 g/mol. The molecule has 0 aliphatic rings. The van der Waals surface area contributed by atoms with Crippen molar-refractivity contribution in [2.45, 2.75) is 19.4 Å². The van der Waals surface area contributed by atoms with Gasteiger partial charge in [-0.25, -0.2) is 0 Å². The van der Waals surface area contributed by atoms with Crippen LogP contribution in [0.15, 0.2) is 0 Å². The molecule has 0 saturated heterocycles. The van der Waals surface area contributed by atoms with Crippen LogP contribution in [0.4, 0.5) is 0 Å². The first-order valence-corrected chi connectivity index (χ1v) is 6.18. The molecular formula is C8H18N2O5S. The van der Waals surface area contributed by atoms with E-state index in [1.807, 2.05) is 0 Å². The zero-order chi connectivity index (χ0) is 12.8. The summed E-state index contributed by atoms with van der Waals surface area (Å²) < 4.78 is 30.7. The van der Waals surface area contributed by atoms with Gasteiger partial charge in [0.25, 0.3) is 10.2 Å². The number of rotatable bonds is 7. The summed E-state index contributed by atoms with van der Waals surface area (Å²) in [5, 5.41) is 8.72. The highest BCUT2D eigenvalue weighted by Crippen LogP contribution is 1.98. The molecule has 0 bridgehead atoms. The van der Waals surface area contributed by atoms with E-state index in [0.717, 1.165) is 4.31 Å². The molecule has 0 rings (SSSR count). The standard InChI is InChI=1S/C8H18N2O5S/c1-7(6-11)9-16(13,14)10(2)5-4-8(12)15-3/h7,9,11H,4-6H2,1-3H3/t7-/m1/s1. The number of nitrogens with zero attached hydrogens (tertiary/aromatic N) is 1. The summed E-state index contributed by atoms with van der Waals surface area (Å²) in [6.45, 7) is 1.27. The largest absolute Gasteiger partial charge is 0.469 e. The van der Waals surface area contributed by atoms with Crippen molar-refractivity contribution in [3.8, 4) is 0 Å². The molecule has 0 radical (unpaired) electrons. The smallest absolute Gasteiger partial charge is 0.306 e. The molecule has 2 N–H and O–H groups in total. The fraction of sp³-hybridized carbons (Fsp3) is 0.875. The van der Waals surface area contributed by atoms with Crippen molar-refractivity contribution in [2.75, 3.05) is 27.3 Å². The zero-order valence-electron chi connectivity index (χ0n) is 9.63. The number of methoxy groups -OCH3 is 1. The molecule has 96 valence electrons. The molecule has 1 atom stereocenters. The molecule has 0 heterocycles. The Kier molecular flexibility index (Phi) is 6.49.